The van der Waals surface area contributed by atoms with E-state index >= 15 is 0 Å². The van der Waals surface area contributed by atoms with Gasteiger partial charge in [-0.25, -0.2) is 0 Å². The quantitative estimate of drug-likeness (QED) is 0.895. The van der Waals surface area contributed by atoms with Crippen LogP contribution in [0, 0.1) is 6.92 Å². The second kappa shape index (κ2) is 5.89. The van der Waals surface area contributed by atoms with E-state index in [-0.39, 0.29) is 17.7 Å². The zero-order valence-corrected chi connectivity index (χ0v) is 11.8. The summed E-state index contributed by atoms with van der Waals surface area (Å²) in [6, 6.07) is 8.95. The highest BCUT2D eigenvalue weighted by atomic mass is 32.1. The average Bonchev–Trinajstić information content (AvgIpc) is 2.92. The molecule has 100 valence electrons. The van der Waals surface area contributed by atoms with Gasteiger partial charge in [0.1, 0.15) is 5.75 Å². The number of hydrogen-bond donors (Lipinski definition) is 2. The molecule has 1 amide bonds. The molecule has 4 heteroatoms. The highest BCUT2D eigenvalue weighted by Gasteiger charge is 2.15. The summed E-state index contributed by atoms with van der Waals surface area (Å²) in [4.78, 5) is 13.3. The number of thiophene rings is 1. The van der Waals surface area contributed by atoms with Crippen molar-refractivity contribution >= 4 is 17.2 Å². The van der Waals surface area contributed by atoms with Crippen molar-refractivity contribution in [3.05, 3.63) is 51.7 Å². The molecule has 1 atom stereocenters. The van der Waals surface area contributed by atoms with Crippen LogP contribution in [0.2, 0.25) is 0 Å². The third-order valence-electron chi connectivity index (χ3n) is 3.06. The smallest absolute Gasteiger partial charge is 0.251 e. The third kappa shape index (κ3) is 3.15. The lowest BCUT2D eigenvalue weighted by Crippen LogP contribution is -2.27. The van der Waals surface area contributed by atoms with E-state index in [0.29, 0.717) is 11.1 Å². The minimum Gasteiger partial charge on any atom is -0.508 e. The topological polar surface area (TPSA) is 49.3 Å². The molecule has 3 nitrogen and oxygen atoms in total. The second-order valence-electron chi connectivity index (χ2n) is 4.45. The maximum absolute atomic E-state index is 12.2. The van der Waals surface area contributed by atoms with Gasteiger partial charge in [0.15, 0.2) is 0 Å². The number of benzene rings is 1. The standard InChI is InChI=1S/C15H17NO2S/c1-3-12(14-5-4-8-19-14)16-15(18)11-6-7-13(17)10(2)9-11/h4-9,12,17H,3H2,1-2H3,(H,16,18). The molecule has 0 radical (unpaired) electrons. The van der Waals surface area contributed by atoms with Gasteiger partial charge in [0.25, 0.3) is 5.91 Å². The number of amides is 1. The summed E-state index contributed by atoms with van der Waals surface area (Å²) in [5.74, 6) is 0.102. The highest BCUT2D eigenvalue weighted by Crippen LogP contribution is 2.23. The lowest BCUT2D eigenvalue weighted by atomic mass is 10.1. The maximum Gasteiger partial charge on any atom is 0.251 e. The Morgan fingerprint density at radius 1 is 1.42 bits per heavy atom. The summed E-state index contributed by atoms with van der Waals surface area (Å²) in [5, 5.41) is 14.5. The number of aromatic hydroxyl groups is 1. The van der Waals surface area contributed by atoms with E-state index in [9.17, 15) is 9.90 Å². The normalized spacial score (nSPS) is 12.1. The Morgan fingerprint density at radius 3 is 2.79 bits per heavy atom. The van der Waals surface area contributed by atoms with Gasteiger partial charge in [0.05, 0.1) is 6.04 Å². The third-order valence-corrected chi connectivity index (χ3v) is 4.05. The van der Waals surface area contributed by atoms with Crippen LogP contribution in [0.3, 0.4) is 0 Å². The molecule has 19 heavy (non-hydrogen) atoms. The number of phenolic OH excluding ortho intramolecular Hbond substituents is 1. The minimum atomic E-state index is -0.108. The van der Waals surface area contributed by atoms with Crippen LogP contribution in [0.4, 0.5) is 0 Å². The summed E-state index contributed by atoms with van der Waals surface area (Å²) in [5.41, 5.74) is 1.28. The van der Waals surface area contributed by atoms with E-state index < -0.39 is 0 Å². The van der Waals surface area contributed by atoms with Crippen molar-refractivity contribution in [1.82, 2.24) is 5.32 Å². The molecular weight excluding hydrogens is 258 g/mol. The molecule has 2 N–H and O–H groups in total. The summed E-state index contributed by atoms with van der Waals surface area (Å²) in [7, 11) is 0. The first-order valence-corrected chi connectivity index (χ1v) is 7.13. The van der Waals surface area contributed by atoms with Crippen LogP contribution in [0.15, 0.2) is 35.7 Å². The fourth-order valence-corrected chi connectivity index (χ4v) is 2.76. The van der Waals surface area contributed by atoms with Crippen LogP contribution in [-0.2, 0) is 0 Å². The number of nitrogens with one attached hydrogen (secondary N) is 1. The molecule has 0 saturated carbocycles. The first-order valence-electron chi connectivity index (χ1n) is 6.25. The average molecular weight is 275 g/mol. The lowest BCUT2D eigenvalue weighted by molar-refractivity contribution is 0.0936. The van der Waals surface area contributed by atoms with Crippen molar-refractivity contribution in [3.63, 3.8) is 0 Å². The molecule has 0 spiro atoms. The molecule has 1 heterocycles. The number of phenols is 1. The van der Waals surface area contributed by atoms with Gasteiger partial charge < -0.3 is 10.4 Å². The SMILES string of the molecule is CCC(NC(=O)c1ccc(O)c(C)c1)c1cccs1. The Kier molecular flexibility index (Phi) is 4.22. The van der Waals surface area contributed by atoms with E-state index in [1.54, 1.807) is 36.5 Å². The Balaban J connectivity index is 2.13. The van der Waals surface area contributed by atoms with Crippen LogP contribution < -0.4 is 5.32 Å². The van der Waals surface area contributed by atoms with Gasteiger partial charge in [0, 0.05) is 10.4 Å². The molecule has 0 aliphatic heterocycles. The molecule has 1 unspecified atom stereocenters. The van der Waals surface area contributed by atoms with Crippen LogP contribution in [0.1, 0.15) is 40.2 Å². The predicted molar refractivity (Wildman–Crippen MR) is 77.7 cm³/mol. The summed E-state index contributed by atoms with van der Waals surface area (Å²) in [6.07, 6.45) is 0.851. The number of carbonyl (C=O) groups is 1. The zero-order valence-electron chi connectivity index (χ0n) is 11.0. The molecule has 0 saturated heterocycles. The van der Waals surface area contributed by atoms with E-state index in [4.69, 9.17) is 0 Å². The van der Waals surface area contributed by atoms with Gasteiger partial charge >= 0.3 is 0 Å². The molecule has 2 aromatic rings. The monoisotopic (exact) mass is 275 g/mol. The van der Waals surface area contributed by atoms with Gasteiger partial charge in [-0.05, 0) is 48.6 Å². The Morgan fingerprint density at radius 2 is 2.21 bits per heavy atom. The molecule has 1 aromatic carbocycles. The van der Waals surface area contributed by atoms with Crippen molar-refractivity contribution < 1.29 is 9.90 Å². The fourth-order valence-electron chi connectivity index (χ4n) is 1.90. The van der Waals surface area contributed by atoms with Crippen LogP contribution >= 0.6 is 11.3 Å². The van der Waals surface area contributed by atoms with Crippen LogP contribution in [0.5, 0.6) is 5.75 Å². The van der Waals surface area contributed by atoms with Gasteiger partial charge in [-0.15, -0.1) is 11.3 Å². The molecular formula is C15H17NO2S. The van der Waals surface area contributed by atoms with Gasteiger partial charge in [-0.2, -0.15) is 0 Å². The highest BCUT2D eigenvalue weighted by molar-refractivity contribution is 7.10. The Labute approximate surface area is 116 Å². The van der Waals surface area contributed by atoms with Crippen molar-refractivity contribution in [2.24, 2.45) is 0 Å². The molecule has 0 aliphatic rings. The minimum absolute atomic E-state index is 0.0432. The number of aryl methyl sites for hydroxylation is 1. The van der Waals surface area contributed by atoms with Crippen molar-refractivity contribution in [1.29, 1.82) is 0 Å². The van der Waals surface area contributed by atoms with E-state index in [1.807, 2.05) is 24.4 Å². The molecule has 0 aliphatic carbocycles. The molecule has 0 fully saturated rings. The molecule has 1 aromatic heterocycles. The summed E-state index contributed by atoms with van der Waals surface area (Å²) < 4.78 is 0. The van der Waals surface area contributed by atoms with Crippen molar-refractivity contribution in [2.45, 2.75) is 26.3 Å². The zero-order chi connectivity index (χ0) is 13.8. The lowest BCUT2D eigenvalue weighted by Gasteiger charge is -2.15. The fraction of sp³-hybridized carbons (Fsp3) is 0.267. The maximum atomic E-state index is 12.2. The van der Waals surface area contributed by atoms with Crippen molar-refractivity contribution in [3.8, 4) is 5.75 Å². The van der Waals surface area contributed by atoms with Crippen LogP contribution in [-0.4, -0.2) is 11.0 Å². The van der Waals surface area contributed by atoms with E-state index in [0.717, 1.165) is 11.3 Å². The van der Waals surface area contributed by atoms with Crippen LogP contribution in [0.25, 0.3) is 0 Å². The molecule has 0 bridgehead atoms. The van der Waals surface area contributed by atoms with E-state index in [2.05, 4.69) is 5.32 Å². The first-order chi connectivity index (χ1) is 9.11. The van der Waals surface area contributed by atoms with Crippen molar-refractivity contribution in [2.75, 3.05) is 0 Å². The molecule has 2 rings (SSSR count). The number of carbonyl (C=O) groups excluding carboxylic acids is 1. The predicted octanol–water partition coefficient (Wildman–Crippen LogP) is 3.64. The second-order valence-corrected chi connectivity index (χ2v) is 5.43. The van der Waals surface area contributed by atoms with E-state index in [1.165, 1.54) is 0 Å². The largest absolute Gasteiger partial charge is 0.508 e. The number of rotatable bonds is 4. The van der Waals surface area contributed by atoms with Gasteiger partial charge in [-0.1, -0.05) is 13.0 Å². The first kappa shape index (κ1) is 13.6. The Hall–Kier alpha value is -1.81. The van der Waals surface area contributed by atoms with Gasteiger partial charge in [-0.3, -0.25) is 4.79 Å². The Bertz CT molecular complexity index is 564. The van der Waals surface area contributed by atoms with Gasteiger partial charge in [0.2, 0.25) is 0 Å². The summed E-state index contributed by atoms with van der Waals surface area (Å²) >= 11 is 1.64. The number of hydrogen-bond acceptors (Lipinski definition) is 3. The summed E-state index contributed by atoms with van der Waals surface area (Å²) in [6.45, 7) is 3.83.